The molecule has 5 nitrogen and oxygen atoms in total. The summed E-state index contributed by atoms with van der Waals surface area (Å²) >= 11 is 1.74. The Labute approximate surface area is 218 Å². The Kier molecular flexibility index (Phi) is 8.47. The van der Waals surface area contributed by atoms with Crippen LogP contribution in [0, 0.1) is 19.8 Å². The topological polar surface area (TPSA) is 49.9 Å². The minimum atomic E-state index is -0.172. The van der Waals surface area contributed by atoms with E-state index >= 15 is 0 Å². The average Bonchev–Trinajstić information content (AvgIpc) is 3.35. The smallest absolute Gasteiger partial charge is 0.254 e. The Morgan fingerprint density at radius 3 is 2.56 bits per heavy atom. The van der Waals surface area contributed by atoms with Crippen molar-refractivity contribution in [3.63, 3.8) is 0 Å². The third-order valence-corrected chi connectivity index (χ3v) is 7.81. The fourth-order valence-electron chi connectivity index (χ4n) is 4.59. The maximum absolute atomic E-state index is 13.8. The Bertz CT molecular complexity index is 1180. The normalized spacial score (nSPS) is 15.0. The molecule has 2 aromatic carbocycles. The second-order valence-corrected chi connectivity index (χ2v) is 11.0. The third kappa shape index (κ3) is 6.16. The highest BCUT2D eigenvalue weighted by molar-refractivity contribution is 7.10. The van der Waals surface area contributed by atoms with E-state index in [4.69, 9.17) is 4.74 Å². The summed E-state index contributed by atoms with van der Waals surface area (Å²) in [4.78, 5) is 32.2. The van der Waals surface area contributed by atoms with Crippen LogP contribution in [0.1, 0.15) is 58.2 Å². The monoisotopic (exact) mass is 504 g/mol. The van der Waals surface area contributed by atoms with E-state index in [1.807, 2.05) is 67.3 Å². The van der Waals surface area contributed by atoms with Gasteiger partial charge in [-0.1, -0.05) is 49.7 Å². The quantitative estimate of drug-likeness (QED) is 0.356. The largest absolute Gasteiger partial charge is 0.491 e. The van der Waals surface area contributed by atoms with Gasteiger partial charge in [0.15, 0.2) is 0 Å². The second kappa shape index (κ2) is 11.7. The van der Waals surface area contributed by atoms with Crippen molar-refractivity contribution in [2.75, 3.05) is 26.2 Å². The molecule has 0 spiro atoms. The second-order valence-electron chi connectivity index (χ2n) is 10.0. The summed E-state index contributed by atoms with van der Waals surface area (Å²) in [5.74, 6) is 1.12. The first kappa shape index (κ1) is 26.0. The first-order chi connectivity index (χ1) is 17.3. The van der Waals surface area contributed by atoms with Crippen LogP contribution in [0.15, 0.2) is 60.0 Å². The van der Waals surface area contributed by atoms with Gasteiger partial charge in [0.25, 0.3) is 5.91 Å². The van der Waals surface area contributed by atoms with E-state index in [9.17, 15) is 9.59 Å². The molecule has 0 radical (unpaired) electrons. The van der Waals surface area contributed by atoms with Crippen molar-refractivity contribution in [2.24, 2.45) is 5.92 Å². The van der Waals surface area contributed by atoms with Gasteiger partial charge >= 0.3 is 0 Å². The number of aryl methyl sites for hydroxylation is 2. The molecule has 1 aliphatic heterocycles. The first-order valence-electron chi connectivity index (χ1n) is 12.7. The number of nitrogens with zero attached hydrogens (tertiary/aromatic N) is 2. The van der Waals surface area contributed by atoms with E-state index < -0.39 is 0 Å². The molecular weight excluding hydrogens is 468 g/mol. The van der Waals surface area contributed by atoms with Crippen LogP contribution in [0.2, 0.25) is 0 Å². The van der Waals surface area contributed by atoms with Crippen LogP contribution in [0.3, 0.4) is 0 Å². The number of benzene rings is 2. The van der Waals surface area contributed by atoms with Crippen LogP contribution in [-0.4, -0.2) is 47.9 Å². The van der Waals surface area contributed by atoms with Gasteiger partial charge < -0.3 is 14.5 Å². The highest BCUT2D eigenvalue weighted by atomic mass is 32.1. The zero-order valence-corrected chi connectivity index (χ0v) is 22.5. The number of amides is 2. The van der Waals surface area contributed by atoms with Crippen molar-refractivity contribution >= 4 is 23.2 Å². The van der Waals surface area contributed by atoms with Crippen molar-refractivity contribution in [1.82, 2.24) is 9.80 Å². The summed E-state index contributed by atoms with van der Waals surface area (Å²) in [5, 5.41) is 2.09. The van der Waals surface area contributed by atoms with Gasteiger partial charge in [-0.3, -0.25) is 9.59 Å². The fourth-order valence-corrected chi connectivity index (χ4v) is 5.52. The van der Waals surface area contributed by atoms with E-state index in [0.717, 1.165) is 29.7 Å². The molecule has 0 aliphatic carbocycles. The maximum atomic E-state index is 13.8. The molecule has 4 rings (SSSR count). The molecule has 2 amide bonds. The van der Waals surface area contributed by atoms with Gasteiger partial charge in [0.05, 0.1) is 6.04 Å². The van der Waals surface area contributed by atoms with E-state index in [1.165, 1.54) is 10.4 Å². The van der Waals surface area contributed by atoms with Gasteiger partial charge in [0.2, 0.25) is 5.91 Å². The number of thiophene rings is 1. The van der Waals surface area contributed by atoms with E-state index in [0.29, 0.717) is 31.2 Å². The molecular formula is C30H36N2O3S. The number of carbonyl (C=O) groups excluding carboxylic acids is 2. The Morgan fingerprint density at radius 2 is 1.83 bits per heavy atom. The lowest BCUT2D eigenvalue weighted by Gasteiger charge is -2.37. The van der Waals surface area contributed by atoms with Gasteiger partial charge in [0.1, 0.15) is 18.9 Å². The first-order valence-corrected chi connectivity index (χ1v) is 13.6. The van der Waals surface area contributed by atoms with Crippen molar-refractivity contribution in [1.29, 1.82) is 0 Å². The molecule has 1 aliphatic rings. The molecule has 6 heteroatoms. The van der Waals surface area contributed by atoms with Crippen LogP contribution in [0.5, 0.6) is 5.75 Å². The van der Waals surface area contributed by atoms with E-state index in [2.05, 4.69) is 25.3 Å². The van der Waals surface area contributed by atoms with Gasteiger partial charge in [0, 0.05) is 23.5 Å². The molecule has 0 bridgehead atoms. The average molecular weight is 505 g/mol. The molecule has 0 N–H and O–H groups in total. The minimum absolute atomic E-state index is 0.0324. The molecule has 1 aromatic heterocycles. The third-order valence-electron chi connectivity index (χ3n) is 6.81. The molecule has 1 atom stereocenters. The number of hydrogen-bond acceptors (Lipinski definition) is 4. The lowest BCUT2D eigenvalue weighted by atomic mass is 10.00. The van der Waals surface area contributed by atoms with Crippen LogP contribution in [0.4, 0.5) is 0 Å². The van der Waals surface area contributed by atoms with Crippen molar-refractivity contribution < 1.29 is 14.3 Å². The molecule has 36 heavy (non-hydrogen) atoms. The zero-order valence-electron chi connectivity index (χ0n) is 21.7. The van der Waals surface area contributed by atoms with Crippen LogP contribution in [0.25, 0.3) is 0 Å². The molecule has 0 saturated heterocycles. The number of fused-ring (bicyclic) bond motifs is 1. The van der Waals surface area contributed by atoms with Crippen LogP contribution < -0.4 is 4.74 Å². The SMILES string of the molecule is Cc1ccc(OC[C@H]2c3ccsc3CCN2C(=O)CN(CCC(C)C)C(=O)c2ccccc2C)cc1. The van der Waals surface area contributed by atoms with Crippen LogP contribution in [-0.2, 0) is 11.2 Å². The summed E-state index contributed by atoms with van der Waals surface area (Å²) in [6, 6.07) is 17.5. The number of rotatable bonds is 9. The highest BCUT2D eigenvalue weighted by Crippen LogP contribution is 2.34. The molecule has 0 fully saturated rings. The Hall–Kier alpha value is -3.12. The summed E-state index contributed by atoms with van der Waals surface area (Å²) in [6.07, 6.45) is 1.68. The van der Waals surface area contributed by atoms with Crippen LogP contribution >= 0.6 is 11.3 Å². The number of hydrogen-bond donors (Lipinski definition) is 0. The summed E-state index contributed by atoms with van der Waals surface area (Å²) in [6.45, 7) is 9.90. The summed E-state index contributed by atoms with van der Waals surface area (Å²) < 4.78 is 6.15. The predicted octanol–water partition coefficient (Wildman–Crippen LogP) is 6.06. The molecule has 3 aromatic rings. The van der Waals surface area contributed by atoms with E-state index in [1.54, 1.807) is 16.2 Å². The highest BCUT2D eigenvalue weighted by Gasteiger charge is 2.33. The lowest BCUT2D eigenvalue weighted by Crippen LogP contribution is -2.48. The Balaban J connectivity index is 1.54. The summed E-state index contributed by atoms with van der Waals surface area (Å²) in [7, 11) is 0. The minimum Gasteiger partial charge on any atom is -0.491 e. The van der Waals surface area contributed by atoms with Crippen molar-refractivity contribution in [3.05, 3.63) is 87.1 Å². The zero-order chi connectivity index (χ0) is 25.7. The number of carbonyl (C=O) groups is 2. The van der Waals surface area contributed by atoms with Gasteiger partial charge in [-0.15, -0.1) is 11.3 Å². The maximum Gasteiger partial charge on any atom is 0.254 e. The molecule has 0 unspecified atom stereocenters. The Morgan fingerprint density at radius 1 is 1.08 bits per heavy atom. The summed E-state index contributed by atoms with van der Waals surface area (Å²) in [5.41, 5.74) is 3.92. The number of ether oxygens (including phenoxy) is 1. The predicted molar refractivity (Wildman–Crippen MR) is 146 cm³/mol. The van der Waals surface area contributed by atoms with E-state index in [-0.39, 0.29) is 24.4 Å². The molecule has 190 valence electrons. The fraction of sp³-hybridized carbons (Fsp3) is 0.400. The molecule has 0 saturated carbocycles. The lowest BCUT2D eigenvalue weighted by molar-refractivity contribution is -0.135. The van der Waals surface area contributed by atoms with Gasteiger partial charge in [-0.25, -0.2) is 0 Å². The molecule has 2 heterocycles. The van der Waals surface area contributed by atoms with Crippen molar-refractivity contribution in [3.8, 4) is 5.75 Å². The van der Waals surface area contributed by atoms with Crippen molar-refractivity contribution in [2.45, 2.75) is 46.6 Å². The standard InChI is InChI=1S/C30H36N2O3S/c1-21(2)13-16-31(30(34)25-8-6-5-7-23(25)4)19-29(33)32-17-14-28-26(15-18-36-28)27(32)20-35-24-11-9-22(3)10-12-24/h5-12,15,18,21,27H,13-14,16-17,19-20H2,1-4H3/t27-/m0/s1. The van der Waals surface area contributed by atoms with Gasteiger partial charge in [-0.05, 0) is 73.4 Å². The van der Waals surface area contributed by atoms with Gasteiger partial charge in [-0.2, -0.15) is 0 Å².